The Morgan fingerprint density at radius 2 is 1.96 bits per heavy atom. The number of nitrogens with zero attached hydrogens (tertiary/aromatic N) is 2. The zero-order valence-corrected chi connectivity index (χ0v) is 13.9. The second-order valence-corrected chi connectivity index (χ2v) is 5.19. The fourth-order valence-electron chi connectivity index (χ4n) is 2.46. The van der Waals surface area contributed by atoms with Crippen molar-refractivity contribution in [1.29, 1.82) is 0 Å². The highest BCUT2D eigenvalue weighted by Gasteiger charge is 2.15. The van der Waals surface area contributed by atoms with E-state index in [1.54, 1.807) is 0 Å². The molecule has 0 aliphatic carbocycles. The minimum Gasteiger partial charge on any atom is -0.398 e. The minimum absolute atomic E-state index is 0.134. The summed E-state index contributed by atoms with van der Waals surface area (Å²) in [6.07, 6.45) is 3.67. The Balaban J connectivity index is 0.00000127. The van der Waals surface area contributed by atoms with Crippen molar-refractivity contribution in [2.75, 3.05) is 31.9 Å². The highest BCUT2D eigenvalue weighted by atomic mass is 16.6. The third-order valence-corrected chi connectivity index (χ3v) is 3.65. The van der Waals surface area contributed by atoms with E-state index in [0.29, 0.717) is 6.54 Å². The molecular formula is C16H26N4O3. The van der Waals surface area contributed by atoms with Gasteiger partial charge >= 0.3 is 0 Å². The molecule has 0 radical (unpaired) electrons. The summed E-state index contributed by atoms with van der Waals surface area (Å²) in [4.78, 5) is 24.6. The van der Waals surface area contributed by atoms with E-state index >= 15 is 0 Å². The van der Waals surface area contributed by atoms with Gasteiger partial charge in [-0.05, 0) is 32.0 Å². The Bertz CT molecular complexity index is 528. The molecule has 0 aromatic heterocycles. The van der Waals surface area contributed by atoms with Crippen LogP contribution in [0.4, 0.5) is 11.4 Å². The summed E-state index contributed by atoms with van der Waals surface area (Å²) in [7, 11) is 0. The Kier molecular flexibility index (Phi) is 8.04. The first-order valence-electron chi connectivity index (χ1n) is 8.12. The van der Waals surface area contributed by atoms with E-state index in [9.17, 15) is 14.9 Å². The van der Waals surface area contributed by atoms with Crippen LogP contribution in [0.3, 0.4) is 0 Å². The van der Waals surface area contributed by atoms with Crippen LogP contribution in [0.25, 0.3) is 0 Å². The Morgan fingerprint density at radius 1 is 1.30 bits per heavy atom. The maximum absolute atomic E-state index is 12.0. The second-order valence-electron chi connectivity index (χ2n) is 5.19. The van der Waals surface area contributed by atoms with Gasteiger partial charge in [-0.15, -0.1) is 0 Å². The van der Waals surface area contributed by atoms with Crippen molar-refractivity contribution < 1.29 is 9.72 Å². The molecule has 23 heavy (non-hydrogen) atoms. The highest BCUT2D eigenvalue weighted by molar-refractivity contribution is 5.99. The summed E-state index contributed by atoms with van der Waals surface area (Å²) in [5, 5.41) is 13.5. The molecule has 1 aliphatic heterocycles. The molecule has 0 atom stereocenters. The number of nitrogens with two attached hydrogens (primary N) is 1. The second kappa shape index (κ2) is 9.78. The topological polar surface area (TPSA) is 101 Å². The number of anilines is 1. The SMILES string of the molecule is CC.Nc1ccc([N+](=O)[O-])cc1C(=O)NCCN1CCCCC1. The first kappa shape index (κ1) is 18.9. The van der Waals surface area contributed by atoms with Crippen molar-refractivity contribution in [3.63, 3.8) is 0 Å². The first-order valence-corrected chi connectivity index (χ1v) is 8.12. The van der Waals surface area contributed by atoms with E-state index in [1.807, 2.05) is 13.8 Å². The van der Waals surface area contributed by atoms with Crippen molar-refractivity contribution >= 4 is 17.3 Å². The van der Waals surface area contributed by atoms with E-state index in [0.717, 1.165) is 19.6 Å². The lowest BCUT2D eigenvalue weighted by Crippen LogP contribution is -2.37. The molecule has 1 fully saturated rings. The van der Waals surface area contributed by atoms with E-state index < -0.39 is 4.92 Å². The van der Waals surface area contributed by atoms with Crippen LogP contribution < -0.4 is 11.1 Å². The number of likely N-dealkylation sites (tertiary alicyclic amines) is 1. The maximum atomic E-state index is 12.0. The van der Waals surface area contributed by atoms with Gasteiger partial charge in [0.1, 0.15) is 0 Å². The predicted octanol–water partition coefficient (Wildman–Crippen LogP) is 2.42. The van der Waals surface area contributed by atoms with Gasteiger partial charge < -0.3 is 16.0 Å². The van der Waals surface area contributed by atoms with Crippen LogP contribution in [0.2, 0.25) is 0 Å². The molecule has 0 unspecified atom stereocenters. The van der Waals surface area contributed by atoms with Gasteiger partial charge in [0.05, 0.1) is 10.5 Å². The van der Waals surface area contributed by atoms with Crippen LogP contribution >= 0.6 is 0 Å². The quantitative estimate of drug-likeness (QED) is 0.492. The number of nitro groups is 1. The molecule has 1 saturated heterocycles. The molecular weight excluding hydrogens is 296 g/mol. The average Bonchev–Trinajstić information content (AvgIpc) is 2.57. The van der Waals surface area contributed by atoms with Crippen molar-refractivity contribution in [2.45, 2.75) is 33.1 Å². The van der Waals surface area contributed by atoms with Gasteiger partial charge in [0.15, 0.2) is 0 Å². The van der Waals surface area contributed by atoms with Gasteiger partial charge in [-0.3, -0.25) is 14.9 Å². The molecule has 3 N–H and O–H groups in total. The minimum atomic E-state index is -0.538. The number of carbonyl (C=O) groups is 1. The average molecular weight is 322 g/mol. The number of hydrogen-bond donors (Lipinski definition) is 2. The zero-order chi connectivity index (χ0) is 17.2. The molecule has 7 nitrogen and oxygen atoms in total. The Morgan fingerprint density at radius 3 is 2.57 bits per heavy atom. The van der Waals surface area contributed by atoms with Gasteiger partial charge in [0, 0.05) is 30.9 Å². The van der Waals surface area contributed by atoms with Gasteiger partial charge in [0.2, 0.25) is 0 Å². The van der Waals surface area contributed by atoms with Crippen LogP contribution in [0.15, 0.2) is 18.2 Å². The number of piperidine rings is 1. The van der Waals surface area contributed by atoms with E-state index in [2.05, 4.69) is 10.2 Å². The number of benzene rings is 1. The number of nitro benzene ring substituents is 1. The number of carbonyl (C=O) groups excluding carboxylic acids is 1. The van der Waals surface area contributed by atoms with Crippen molar-refractivity contribution in [1.82, 2.24) is 10.2 Å². The maximum Gasteiger partial charge on any atom is 0.270 e. The summed E-state index contributed by atoms with van der Waals surface area (Å²) in [6, 6.07) is 3.89. The first-order chi connectivity index (χ1) is 11.1. The van der Waals surface area contributed by atoms with Crippen LogP contribution in [0.5, 0.6) is 0 Å². The van der Waals surface area contributed by atoms with Crippen molar-refractivity contribution in [3.8, 4) is 0 Å². The Labute approximate surface area is 137 Å². The van der Waals surface area contributed by atoms with E-state index in [1.165, 1.54) is 37.5 Å². The lowest BCUT2D eigenvalue weighted by Gasteiger charge is -2.26. The largest absolute Gasteiger partial charge is 0.398 e. The molecule has 0 spiro atoms. The molecule has 0 bridgehead atoms. The number of hydrogen-bond acceptors (Lipinski definition) is 5. The molecule has 1 amide bonds. The predicted molar refractivity (Wildman–Crippen MR) is 91.5 cm³/mol. The lowest BCUT2D eigenvalue weighted by molar-refractivity contribution is -0.384. The number of amides is 1. The molecule has 1 heterocycles. The number of nitrogens with one attached hydrogen (secondary N) is 1. The molecule has 1 aromatic carbocycles. The highest BCUT2D eigenvalue weighted by Crippen LogP contribution is 2.19. The van der Waals surface area contributed by atoms with Gasteiger partial charge in [-0.2, -0.15) is 0 Å². The van der Waals surface area contributed by atoms with E-state index in [4.69, 9.17) is 5.73 Å². The van der Waals surface area contributed by atoms with Crippen LogP contribution in [-0.4, -0.2) is 41.9 Å². The van der Waals surface area contributed by atoms with E-state index in [-0.39, 0.29) is 22.8 Å². The van der Waals surface area contributed by atoms with Crippen LogP contribution in [0.1, 0.15) is 43.5 Å². The fraction of sp³-hybridized carbons (Fsp3) is 0.562. The fourth-order valence-corrected chi connectivity index (χ4v) is 2.46. The van der Waals surface area contributed by atoms with Crippen LogP contribution in [0, 0.1) is 10.1 Å². The standard InChI is InChI=1S/C14H20N4O3.C2H6/c15-13-5-4-11(18(20)21)10-12(13)14(19)16-6-9-17-7-2-1-3-8-17;1-2/h4-5,10H,1-3,6-9,15H2,(H,16,19);1-2H3. The molecule has 2 rings (SSSR count). The van der Waals surface area contributed by atoms with Crippen molar-refractivity contribution in [3.05, 3.63) is 33.9 Å². The summed E-state index contributed by atoms with van der Waals surface area (Å²) in [5.74, 6) is -0.367. The van der Waals surface area contributed by atoms with Crippen LogP contribution in [-0.2, 0) is 0 Å². The normalized spacial score (nSPS) is 14.5. The molecule has 7 heteroatoms. The lowest BCUT2D eigenvalue weighted by atomic mass is 10.1. The zero-order valence-electron chi connectivity index (χ0n) is 13.9. The van der Waals surface area contributed by atoms with Crippen molar-refractivity contribution in [2.24, 2.45) is 0 Å². The molecule has 0 saturated carbocycles. The molecule has 1 aromatic rings. The number of rotatable bonds is 5. The number of non-ortho nitro benzene ring substituents is 1. The molecule has 128 valence electrons. The Hall–Kier alpha value is -2.15. The van der Waals surface area contributed by atoms with Gasteiger partial charge in [-0.1, -0.05) is 20.3 Å². The third kappa shape index (κ3) is 5.86. The monoisotopic (exact) mass is 322 g/mol. The smallest absolute Gasteiger partial charge is 0.270 e. The summed E-state index contributed by atoms with van der Waals surface area (Å²) in [6.45, 7) is 7.44. The summed E-state index contributed by atoms with van der Waals surface area (Å²) < 4.78 is 0. The summed E-state index contributed by atoms with van der Waals surface area (Å²) in [5.41, 5.74) is 5.98. The summed E-state index contributed by atoms with van der Waals surface area (Å²) >= 11 is 0. The third-order valence-electron chi connectivity index (χ3n) is 3.65. The van der Waals surface area contributed by atoms with Gasteiger partial charge in [-0.25, -0.2) is 0 Å². The number of nitrogen functional groups attached to an aromatic ring is 1. The van der Waals surface area contributed by atoms with Gasteiger partial charge in [0.25, 0.3) is 11.6 Å². The molecule has 1 aliphatic rings.